The van der Waals surface area contributed by atoms with Crippen LogP contribution in [-0.2, 0) is 4.74 Å². The molecule has 7 fully saturated rings. The molecule has 7 N–H and O–H groups in total. The van der Waals surface area contributed by atoms with Gasteiger partial charge in [-0.3, -0.25) is 0 Å². The van der Waals surface area contributed by atoms with Crippen LogP contribution in [0, 0.1) is 0 Å². The standard InChI is InChI=1S/C20H30N6.C19H35N3.C19H17N3.C17H31N3O.C13H27N3/c1-23(2)19(24(3)4)21-16-13-9-11-15-12-10-14-17(18(15)16)22-20(25(5)6)26(7)8;2*1-4-10-16(11-5-1)20-19(21-17-12-6-2-7-13-17)22-18-14-8-3-9-15-18;1-3-7-15(8-4-1)18-17(20-11-13-21-14-12-20)19-16-9-5-2-6-10-16;1-10(2)14-13(15-11(3)4)16-12-8-6-5-7-9-12/h9-14H,1-8H3;16-18H,1-15H2,(H2,20,21,22);1-15H,(H2,20,21,22);15-16H,1-14H2,(H,18,19);10-12H,5-9H2,1-4H3,(H2,14,15,16). The molecular weight excluding hydrogens is 1330 g/mol. The van der Waals surface area contributed by atoms with Gasteiger partial charge in [-0.1, -0.05) is 194 Å². The van der Waals surface area contributed by atoms with Crippen LogP contribution < -0.4 is 37.2 Å². The molecule has 7 aliphatic rings. The first-order valence-electron chi connectivity index (χ1n) is 41.6. The van der Waals surface area contributed by atoms with Gasteiger partial charge in [-0.05, 0) is 159 Å². The molecule has 0 aromatic heterocycles. The molecule has 0 bridgehead atoms. The van der Waals surface area contributed by atoms with Gasteiger partial charge in [-0.25, -0.2) is 30.0 Å². The molecule has 107 heavy (non-hydrogen) atoms. The Morgan fingerprint density at radius 2 is 0.710 bits per heavy atom. The maximum Gasteiger partial charge on any atom is 0.205 e. The quantitative estimate of drug-likeness (QED) is 0.0437. The molecule has 6 aliphatic carbocycles. The largest absolute Gasteiger partial charge is 0.378 e. The van der Waals surface area contributed by atoms with E-state index in [-0.39, 0.29) is 0 Å². The molecule has 5 aromatic carbocycles. The maximum atomic E-state index is 5.51. The van der Waals surface area contributed by atoms with Crippen molar-refractivity contribution >= 4 is 75.0 Å². The molecule has 19 nitrogen and oxygen atoms in total. The number of hydrogen-bond acceptors (Lipinski definition) is 7. The van der Waals surface area contributed by atoms with Crippen LogP contribution in [0.4, 0.5) is 28.4 Å². The van der Waals surface area contributed by atoms with Crippen LogP contribution in [0.5, 0.6) is 0 Å². The molecule has 0 radical (unpaired) electrons. The van der Waals surface area contributed by atoms with E-state index in [9.17, 15) is 0 Å². The SMILES string of the molecule is C1CCC(N=C(NC2CCCCC2)N2CCOCC2)CC1.C1CCC(N=C(NC2CCCCC2)NC2CCCCC2)CC1.CC(C)NC(=NC1CCCCC1)NC(C)C.CN(C)C(=Nc1cccc2cccc(N=C(N(C)C)N(C)C)c12)N(C)C.c1ccc(N=C(Nc2ccccc2)Nc2ccccc2)cc1. The molecule has 0 spiro atoms. The Morgan fingerprint density at radius 1 is 0.364 bits per heavy atom. The summed E-state index contributed by atoms with van der Waals surface area (Å²) in [4.78, 5) is 40.0. The molecule has 5 aromatic rings. The van der Waals surface area contributed by atoms with Gasteiger partial charge in [0.15, 0.2) is 17.9 Å². The van der Waals surface area contributed by atoms with Gasteiger partial charge in [0.25, 0.3) is 0 Å². The second kappa shape index (κ2) is 47.7. The number of nitrogens with one attached hydrogen (secondary N) is 7. The Hall–Kier alpha value is -8.06. The van der Waals surface area contributed by atoms with E-state index in [1.807, 2.05) is 191 Å². The number of benzene rings is 5. The number of hydrogen-bond donors (Lipinski definition) is 7. The zero-order chi connectivity index (χ0) is 75.8. The van der Waals surface area contributed by atoms with Crippen molar-refractivity contribution in [1.29, 1.82) is 0 Å². The summed E-state index contributed by atoms with van der Waals surface area (Å²) in [5, 5.41) is 27.0. The summed E-state index contributed by atoms with van der Waals surface area (Å²) in [5.74, 6) is 5.76. The highest BCUT2D eigenvalue weighted by Crippen LogP contribution is 2.36. The van der Waals surface area contributed by atoms with Gasteiger partial charge >= 0.3 is 0 Å². The van der Waals surface area contributed by atoms with E-state index in [4.69, 9.17) is 29.7 Å². The van der Waals surface area contributed by atoms with E-state index in [1.54, 1.807) is 0 Å². The first-order valence-corrected chi connectivity index (χ1v) is 41.6. The topological polar surface area (TPSA) is 184 Å². The van der Waals surface area contributed by atoms with Gasteiger partial charge in [0.1, 0.15) is 0 Å². The lowest BCUT2D eigenvalue weighted by Crippen LogP contribution is -2.51. The van der Waals surface area contributed by atoms with E-state index >= 15 is 0 Å². The van der Waals surface area contributed by atoms with E-state index < -0.39 is 0 Å². The molecule has 1 aliphatic heterocycles. The van der Waals surface area contributed by atoms with Gasteiger partial charge in [0.05, 0.1) is 48.4 Å². The predicted molar refractivity (Wildman–Crippen MR) is 458 cm³/mol. The highest BCUT2D eigenvalue weighted by molar-refractivity contribution is 6.05. The third-order valence-corrected chi connectivity index (χ3v) is 20.6. The first-order chi connectivity index (χ1) is 52.0. The Balaban J connectivity index is 0.000000170. The lowest BCUT2D eigenvalue weighted by Gasteiger charge is -2.34. The zero-order valence-corrected chi connectivity index (χ0v) is 68.1. The van der Waals surface area contributed by atoms with Crippen LogP contribution in [-0.4, -0.2) is 191 Å². The van der Waals surface area contributed by atoms with Gasteiger partial charge in [0.2, 0.25) is 17.9 Å². The van der Waals surface area contributed by atoms with Crippen molar-refractivity contribution in [2.45, 2.75) is 269 Å². The van der Waals surface area contributed by atoms with Crippen molar-refractivity contribution in [3.63, 3.8) is 0 Å². The van der Waals surface area contributed by atoms with Crippen LogP contribution in [0.25, 0.3) is 10.8 Å². The summed E-state index contributed by atoms with van der Waals surface area (Å²) in [6, 6.07) is 46.7. The summed E-state index contributed by atoms with van der Waals surface area (Å²) in [5.41, 5.74) is 4.69. The van der Waals surface area contributed by atoms with Crippen LogP contribution in [0.2, 0.25) is 0 Å². The third kappa shape index (κ3) is 32.0. The molecule has 0 unspecified atom stereocenters. The summed E-state index contributed by atoms with van der Waals surface area (Å²) in [6.07, 6.45) is 40.5. The number of ether oxygens (including phenoxy) is 1. The summed E-state index contributed by atoms with van der Waals surface area (Å²) < 4.78 is 5.51. The van der Waals surface area contributed by atoms with Crippen LogP contribution >= 0.6 is 0 Å². The molecule has 0 atom stereocenters. The number of nitrogens with zero attached hydrogens (tertiary/aromatic N) is 11. The Kier molecular flexibility index (Phi) is 37.7. The molecule has 588 valence electrons. The summed E-state index contributed by atoms with van der Waals surface area (Å²) >= 11 is 0. The van der Waals surface area contributed by atoms with E-state index in [1.165, 1.54) is 199 Å². The van der Waals surface area contributed by atoms with Crippen LogP contribution in [0.3, 0.4) is 0 Å². The number of para-hydroxylation sites is 3. The fourth-order valence-electron chi connectivity index (χ4n) is 15.2. The average molecular weight is 1470 g/mol. The number of aliphatic imine (C=N–C) groups is 6. The fraction of sp³-hybridized carbons (Fsp3) is 0.614. The number of guanidine groups is 6. The minimum Gasteiger partial charge on any atom is -0.378 e. The Morgan fingerprint density at radius 3 is 1.08 bits per heavy atom. The predicted octanol–water partition coefficient (Wildman–Crippen LogP) is 18.1. The number of morpholine rings is 1. The molecule has 0 amide bonds. The molecule has 6 saturated carbocycles. The number of rotatable bonds is 13. The number of anilines is 2. The van der Waals surface area contributed by atoms with Crippen molar-refractivity contribution in [1.82, 2.24) is 51.1 Å². The third-order valence-electron chi connectivity index (χ3n) is 20.6. The van der Waals surface area contributed by atoms with Crippen molar-refractivity contribution < 1.29 is 4.74 Å². The lowest BCUT2D eigenvalue weighted by molar-refractivity contribution is 0.0657. The summed E-state index contributed by atoms with van der Waals surface area (Å²) in [6.45, 7) is 12.3. The van der Waals surface area contributed by atoms with Crippen molar-refractivity contribution in [2.24, 2.45) is 30.0 Å². The molecule has 19 heteroatoms. The minimum atomic E-state index is 0.439. The van der Waals surface area contributed by atoms with Crippen molar-refractivity contribution in [2.75, 3.05) is 93.3 Å². The first kappa shape index (κ1) is 84.6. The van der Waals surface area contributed by atoms with E-state index in [0.29, 0.717) is 54.3 Å². The highest BCUT2D eigenvalue weighted by atomic mass is 16.5. The second-order valence-electron chi connectivity index (χ2n) is 31.8. The molecule has 12 rings (SSSR count). The Labute approximate surface area is 646 Å². The van der Waals surface area contributed by atoms with E-state index in [2.05, 4.69) is 86.9 Å². The van der Waals surface area contributed by atoms with Gasteiger partial charge in [-0.2, -0.15) is 0 Å². The van der Waals surface area contributed by atoms with Crippen LogP contribution in [0.1, 0.15) is 220 Å². The molecule has 1 saturated heterocycles. The van der Waals surface area contributed by atoms with Gasteiger partial charge < -0.3 is 66.5 Å². The number of fused-ring (bicyclic) bond motifs is 1. The smallest absolute Gasteiger partial charge is 0.205 e. The molecular formula is C88H140N18O. The Bertz CT molecular complexity index is 3260. The zero-order valence-electron chi connectivity index (χ0n) is 68.1. The van der Waals surface area contributed by atoms with Gasteiger partial charge in [0, 0.05) is 116 Å². The lowest BCUT2D eigenvalue weighted by atomic mass is 9.94. The van der Waals surface area contributed by atoms with E-state index in [0.717, 1.165) is 89.4 Å². The summed E-state index contributed by atoms with van der Waals surface area (Å²) in [7, 11) is 16.0. The maximum absolute atomic E-state index is 5.51. The van der Waals surface area contributed by atoms with Crippen molar-refractivity contribution in [3.8, 4) is 0 Å². The highest BCUT2D eigenvalue weighted by Gasteiger charge is 2.25. The average Bonchev–Trinajstić information content (AvgIpc) is 0.790. The van der Waals surface area contributed by atoms with Crippen LogP contribution in [0.15, 0.2) is 157 Å². The minimum absolute atomic E-state index is 0.439. The normalized spacial score (nSPS) is 17.7. The van der Waals surface area contributed by atoms with Gasteiger partial charge in [-0.15, -0.1) is 0 Å². The second-order valence-corrected chi connectivity index (χ2v) is 31.8. The monoisotopic (exact) mass is 1470 g/mol. The molecule has 1 heterocycles. The fourth-order valence-corrected chi connectivity index (χ4v) is 15.2. The van der Waals surface area contributed by atoms with Crippen molar-refractivity contribution in [3.05, 3.63) is 127 Å².